The molecule has 0 N–H and O–H groups in total. The average molecular weight is 244 g/mol. The van der Waals surface area contributed by atoms with Crippen LogP contribution in [0.1, 0.15) is 64.2 Å². The number of hydrogen-bond acceptors (Lipinski definition) is 0. The van der Waals surface area contributed by atoms with Crippen LogP contribution in [0.3, 0.4) is 0 Å². The molecule has 0 radical (unpaired) electrons. The van der Waals surface area contributed by atoms with Crippen molar-refractivity contribution in [2.45, 2.75) is 64.2 Å². The molecule has 0 bridgehead atoms. The SMILES string of the molecule is C=C/C(=C\C=C\C1CCCCC1)C1CCCCC1. The summed E-state index contributed by atoms with van der Waals surface area (Å²) in [6.45, 7) is 4.00. The van der Waals surface area contributed by atoms with Crippen molar-refractivity contribution in [3.05, 3.63) is 36.5 Å². The van der Waals surface area contributed by atoms with Gasteiger partial charge in [0.25, 0.3) is 0 Å². The summed E-state index contributed by atoms with van der Waals surface area (Å²) in [4.78, 5) is 0. The Morgan fingerprint density at radius 2 is 1.44 bits per heavy atom. The fraction of sp³-hybridized carbons (Fsp3) is 0.667. The molecule has 0 amide bonds. The molecule has 0 aromatic rings. The number of allylic oxidation sites excluding steroid dienone is 5. The highest BCUT2D eigenvalue weighted by molar-refractivity contribution is 5.25. The summed E-state index contributed by atoms with van der Waals surface area (Å²) in [7, 11) is 0. The molecule has 0 aliphatic heterocycles. The van der Waals surface area contributed by atoms with Crippen LogP contribution in [-0.2, 0) is 0 Å². The van der Waals surface area contributed by atoms with E-state index < -0.39 is 0 Å². The maximum atomic E-state index is 4.00. The zero-order valence-corrected chi connectivity index (χ0v) is 11.7. The summed E-state index contributed by atoms with van der Waals surface area (Å²) in [5.74, 6) is 1.62. The molecule has 18 heavy (non-hydrogen) atoms. The lowest BCUT2D eigenvalue weighted by molar-refractivity contribution is 0.408. The summed E-state index contributed by atoms with van der Waals surface area (Å²) in [5, 5.41) is 0. The minimum Gasteiger partial charge on any atom is -0.0988 e. The lowest BCUT2D eigenvalue weighted by atomic mass is 9.83. The van der Waals surface area contributed by atoms with Gasteiger partial charge in [0.05, 0.1) is 0 Å². The molecule has 100 valence electrons. The first-order valence-electron chi connectivity index (χ1n) is 7.91. The summed E-state index contributed by atoms with van der Waals surface area (Å²) in [5.41, 5.74) is 1.47. The van der Waals surface area contributed by atoms with E-state index in [4.69, 9.17) is 0 Å². The smallest absolute Gasteiger partial charge is 0.0162 e. The van der Waals surface area contributed by atoms with Gasteiger partial charge in [-0.05, 0) is 43.1 Å². The third-order valence-corrected chi connectivity index (χ3v) is 4.63. The monoisotopic (exact) mass is 244 g/mol. The quantitative estimate of drug-likeness (QED) is 0.547. The Bertz CT molecular complexity index is 296. The minimum atomic E-state index is 0.784. The maximum Gasteiger partial charge on any atom is -0.0162 e. The molecule has 0 heteroatoms. The highest BCUT2D eigenvalue weighted by Crippen LogP contribution is 2.30. The standard InChI is InChI=1S/C18H28/c1-2-17(18-13-7-4-8-14-18)15-9-12-16-10-5-3-6-11-16/h2,9,12,15-16,18H,1,3-8,10-11,13-14H2/b12-9+,17-15+. The van der Waals surface area contributed by atoms with Gasteiger partial charge >= 0.3 is 0 Å². The average Bonchev–Trinajstić information content (AvgIpc) is 2.46. The molecular weight excluding hydrogens is 216 g/mol. The molecule has 0 unspecified atom stereocenters. The Hall–Kier alpha value is -0.780. The first-order valence-corrected chi connectivity index (χ1v) is 7.91. The van der Waals surface area contributed by atoms with Gasteiger partial charge in [-0.3, -0.25) is 0 Å². The van der Waals surface area contributed by atoms with E-state index in [2.05, 4.69) is 30.9 Å². The third-order valence-electron chi connectivity index (χ3n) is 4.63. The van der Waals surface area contributed by atoms with Crippen molar-refractivity contribution in [2.75, 3.05) is 0 Å². The second-order valence-electron chi connectivity index (χ2n) is 5.99. The van der Waals surface area contributed by atoms with Crippen molar-refractivity contribution in [1.82, 2.24) is 0 Å². The Balaban J connectivity index is 1.87. The first-order chi connectivity index (χ1) is 8.90. The predicted octanol–water partition coefficient (Wildman–Crippen LogP) is 5.82. The van der Waals surface area contributed by atoms with Crippen LogP contribution >= 0.6 is 0 Å². The van der Waals surface area contributed by atoms with E-state index in [0.717, 1.165) is 11.8 Å². The normalized spacial score (nSPS) is 24.6. The van der Waals surface area contributed by atoms with E-state index in [1.165, 1.54) is 69.8 Å². The Labute approximate surface area is 113 Å². The molecule has 2 aliphatic rings. The Morgan fingerprint density at radius 1 is 0.833 bits per heavy atom. The van der Waals surface area contributed by atoms with Crippen LogP contribution in [0.25, 0.3) is 0 Å². The molecule has 0 aromatic carbocycles. The third kappa shape index (κ3) is 4.15. The maximum absolute atomic E-state index is 4.00. The topological polar surface area (TPSA) is 0 Å². The fourth-order valence-electron chi connectivity index (χ4n) is 3.46. The second kappa shape index (κ2) is 7.61. The van der Waals surface area contributed by atoms with Gasteiger partial charge in [-0.25, -0.2) is 0 Å². The van der Waals surface area contributed by atoms with Gasteiger partial charge < -0.3 is 0 Å². The zero-order valence-electron chi connectivity index (χ0n) is 11.7. The van der Waals surface area contributed by atoms with E-state index in [1.807, 2.05) is 0 Å². The van der Waals surface area contributed by atoms with Crippen LogP contribution in [0.5, 0.6) is 0 Å². The van der Waals surface area contributed by atoms with Crippen LogP contribution in [0.2, 0.25) is 0 Å². The second-order valence-corrected chi connectivity index (χ2v) is 5.99. The fourth-order valence-corrected chi connectivity index (χ4v) is 3.46. The highest BCUT2D eigenvalue weighted by atomic mass is 14.2. The van der Waals surface area contributed by atoms with Crippen LogP contribution in [-0.4, -0.2) is 0 Å². The molecule has 0 aromatic heterocycles. The lowest BCUT2D eigenvalue weighted by Crippen LogP contribution is -2.07. The molecular formula is C18H28. The molecule has 0 nitrogen and oxygen atoms in total. The predicted molar refractivity (Wildman–Crippen MR) is 80.6 cm³/mol. The molecule has 2 fully saturated rings. The molecule has 2 saturated carbocycles. The summed E-state index contributed by atoms with van der Waals surface area (Å²) < 4.78 is 0. The molecule has 0 saturated heterocycles. The molecule has 0 atom stereocenters. The first kappa shape index (κ1) is 13.6. The van der Waals surface area contributed by atoms with Crippen molar-refractivity contribution >= 4 is 0 Å². The van der Waals surface area contributed by atoms with Crippen LogP contribution < -0.4 is 0 Å². The minimum absolute atomic E-state index is 0.784. The van der Waals surface area contributed by atoms with Gasteiger partial charge in [0, 0.05) is 0 Å². The van der Waals surface area contributed by atoms with Crippen molar-refractivity contribution < 1.29 is 0 Å². The van der Waals surface area contributed by atoms with E-state index in [9.17, 15) is 0 Å². The van der Waals surface area contributed by atoms with Gasteiger partial charge in [0.1, 0.15) is 0 Å². The Morgan fingerprint density at radius 3 is 2.06 bits per heavy atom. The Kier molecular flexibility index (Phi) is 5.77. The van der Waals surface area contributed by atoms with Crippen LogP contribution in [0.15, 0.2) is 36.5 Å². The van der Waals surface area contributed by atoms with Crippen molar-refractivity contribution in [3.8, 4) is 0 Å². The van der Waals surface area contributed by atoms with Crippen molar-refractivity contribution in [3.63, 3.8) is 0 Å². The van der Waals surface area contributed by atoms with E-state index in [-0.39, 0.29) is 0 Å². The van der Waals surface area contributed by atoms with E-state index in [1.54, 1.807) is 0 Å². The van der Waals surface area contributed by atoms with Crippen LogP contribution in [0.4, 0.5) is 0 Å². The number of rotatable bonds is 4. The number of hydrogen-bond donors (Lipinski definition) is 0. The zero-order chi connectivity index (χ0) is 12.6. The summed E-state index contributed by atoms with van der Waals surface area (Å²) in [6, 6.07) is 0. The van der Waals surface area contributed by atoms with Gasteiger partial charge in [-0.1, -0.05) is 69.4 Å². The van der Waals surface area contributed by atoms with E-state index >= 15 is 0 Å². The van der Waals surface area contributed by atoms with Crippen molar-refractivity contribution in [1.29, 1.82) is 0 Å². The summed E-state index contributed by atoms with van der Waals surface area (Å²) >= 11 is 0. The summed E-state index contributed by atoms with van der Waals surface area (Å²) in [6.07, 6.45) is 23.2. The molecule has 0 spiro atoms. The van der Waals surface area contributed by atoms with Gasteiger partial charge in [0.2, 0.25) is 0 Å². The van der Waals surface area contributed by atoms with Gasteiger partial charge in [-0.15, -0.1) is 0 Å². The largest absolute Gasteiger partial charge is 0.0988 e. The van der Waals surface area contributed by atoms with Gasteiger partial charge in [-0.2, -0.15) is 0 Å². The van der Waals surface area contributed by atoms with Crippen LogP contribution in [0, 0.1) is 11.8 Å². The highest BCUT2D eigenvalue weighted by Gasteiger charge is 2.15. The van der Waals surface area contributed by atoms with Gasteiger partial charge in [0.15, 0.2) is 0 Å². The lowest BCUT2D eigenvalue weighted by Gasteiger charge is -2.22. The molecule has 2 aliphatic carbocycles. The molecule has 2 rings (SSSR count). The molecule has 0 heterocycles. The van der Waals surface area contributed by atoms with E-state index in [0.29, 0.717) is 0 Å². The van der Waals surface area contributed by atoms with Crippen molar-refractivity contribution in [2.24, 2.45) is 11.8 Å².